The number of rotatable bonds is 11. The zero-order valence-electron chi connectivity index (χ0n) is 26.4. The molecule has 0 radical (unpaired) electrons. The third kappa shape index (κ3) is 5.74. The van der Waals surface area contributed by atoms with E-state index < -0.39 is 5.92 Å². The fraction of sp³-hybridized carbons (Fsp3) is 0.486. The summed E-state index contributed by atoms with van der Waals surface area (Å²) in [5, 5.41) is 0. The van der Waals surface area contributed by atoms with Crippen LogP contribution in [-0.4, -0.2) is 51.4 Å². The molecule has 2 saturated heterocycles. The van der Waals surface area contributed by atoms with E-state index in [0.717, 1.165) is 59.0 Å². The van der Waals surface area contributed by atoms with Gasteiger partial charge in [0.05, 0.1) is 31.4 Å². The summed E-state index contributed by atoms with van der Waals surface area (Å²) in [4.78, 5) is 38.7. The van der Waals surface area contributed by atoms with E-state index in [1.165, 1.54) is 36.8 Å². The van der Waals surface area contributed by atoms with Gasteiger partial charge in [-0.2, -0.15) is 0 Å². The third-order valence-corrected chi connectivity index (χ3v) is 10.9. The van der Waals surface area contributed by atoms with Gasteiger partial charge in [-0.05, 0) is 36.5 Å². The number of quaternary nitrogens is 1. The number of unbranched alkanes of at least 4 members (excludes halogenated alkanes) is 3. The molecular weight excluding hydrogens is 550 g/mol. The summed E-state index contributed by atoms with van der Waals surface area (Å²) in [6, 6.07) is 21.1. The largest absolute Gasteiger partial charge is 0.461 e. The van der Waals surface area contributed by atoms with Crippen LogP contribution in [0, 0.1) is 0 Å². The summed E-state index contributed by atoms with van der Waals surface area (Å²) in [5.74, 6) is -0.440. The second-order valence-electron chi connectivity index (χ2n) is 13.4. The van der Waals surface area contributed by atoms with Gasteiger partial charge in [-0.1, -0.05) is 79.6 Å². The SMILES string of the molecule is Cn1c2c(c(=O)n(C)c1=O)C(CCCCCC[N+]1(C)C3CCC1CC(OC(=O)C(c1ccccc1)c1ccccc1)C3)C=C2. The number of nitrogens with zero attached hydrogens (tertiary/aromatic N) is 3. The Kier molecular flexibility index (Phi) is 8.77. The van der Waals surface area contributed by atoms with Crippen molar-refractivity contribution in [2.45, 2.75) is 87.8 Å². The topological polar surface area (TPSA) is 70.3 Å². The average molecular weight is 597 g/mol. The van der Waals surface area contributed by atoms with Crippen molar-refractivity contribution in [1.29, 1.82) is 0 Å². The van der Waals surface area contributed by atoms with Gasteiger partial charge in [0.2, 0.25) is 0 Å². The van der Waals surface area contributed by atoms with E-state index in [0.29, 0.717) is 12.1 Å². The molecule has 0 spiro atoms. The van der Waals surface area contributed by atoms with E-state index in [1.807, 2.05) is 66.7 Å². The standard InChI is InChI=1S/C37H46N3O4/c1-38-32-22-19-28(34(32)35(41)39(2)37(38)43)18-8-4-5-13-23-40(3)29-20-21-30(40)25-31(24-29)44-36(42)33(26-14-9-6-10-15-26)27-16-11-7-12-17-27/h6-7,9-12,14-17,19,22,28-31,33H,4-5,8,13,18,20-21,23-25H2,1-3H3/q+1. The number of hydrogen-bond acceptors (Lipinski definition) is 4. The van der Waals surface area contributed by atoms with Crippen molar-refractivity contribution in [3.63, 3.8) is 0 Å². The quantitative estimate of drug-likeness (QED) is 0.163. The minimum absolute atomic E-state index is 0.0179. The molecule has 2 fully saturated rings. The van der Waals surface area contributed by atoms with Crippen molar-refractivity contribution in [1.82, 2.24) is 9.13 Å². The Bertz CT molecular complexity index is 1570. The molecule has 2 aliphatic heterocycles. The molecular formula is C37H46N3O4+. The van der Waals surface area contributed by atoms with Gasteiger partial charge in [-0.25, -0.2) is 4.79 Å². The van der Waals surface area contributed by atoms with Crippen LogP contribution in [0.3, 0.4) is 0 Å². The molecule has 2 bridgehead atoms. The van der Waals surface area contributed by atoms with Crippen molar-refractivity contribution in [3.8, 4) is 0 Å². The van der Waals surface area contributed by atoms with Crippen LogP contribution < -0.4 is 11.2 Å². The van der Waals surface area contributed by atoms with Crippen LogP contribution in [0.25, 0.3) is 6.08 Å². The highest BCUT2D eigenvalue weighted by atomic mass is 16.5. The maximum Gasteiger partial charge on any atom is 0.330 e. The minimum Gasteiger partial charge on any atom is -0.461 e. The van der Waals surface area contributed by atoms with Crippen LogP contribution in [0.5, 0.6) is 0 Å². The van der Waals surface area contributed by atoms with Gasteiger partial charge in [0, 0.05) is 51.3 Å². The van der Waals surface area contributed by atoms with Crippen LogP contribution in [0.4, 0.5) is 0 Å². The number of benzene rings is 2. The lowest BCUT2D eigenvalue weighted by Crippen LogP contribution is -2.59. The first kappa shape index (κ1) is 30.3. The van der Waals surface area contributed by atoms with Crippen molar-refractivity contribution < 1.29 is 14.0 Å². The Hall–Kier alpha value is -3.71. The predicted octanol–water partition coefficient (Wildman–Crippen LogP) is 5.66. The number of fused-ring (bicyclic) bond motifs is 3. The number of aromatic nitrogens is 2. The van der Waals surface area contributed by atoms with Crippen LogP contribution >= 0.6 is 0 Å². The molecule has 232 valence electrons. The second-order valence-corrected chi connectivity index (χ2v) is 13.4. The van der Waals surface area contributed by atoms with Crippen molar-refractivity contribution >= 4 is 12.0 Å². The molecule has 1 aromatic heterocycles. The first-order chi connectivity index (χ1) is 21.3. The van der Waals surface area contributed by atoms with Crippen LogP contribution in [0.1, 0.15) is 92.0 Å². The first-order valence-electron chi connectivity index (χ1n) is 16.4. The van der Waals surface area contributed by atoms with Crippen LogP contribution in [0.15, 0.2) is 76.3 Å². The molecule has 44 heavy (non-hydrogen) atoms. The second kappa shape index (κ2) is 12.7. The highest BCUT2D eigenvalue weighted by molar-refractivity contribution is 5.82. The summed E-state index contributed by atoms with van der Waals surface area (Å²) >= 11 is 0. The van der Waals surface area contributed by atoms with E-state index in [1.54, 1.807) is 18.7 Å². The molecule has 6 rings (SSSR count). The molecule has 7 heteroatoms. The van der Waals surface area contributed by atoms with Crippen molar-refractivity contribution in [2.75, 3.05) is 13.6 Å². The van der Waals surface area contributed by atoms with E-state index in [4.69, 9.17) is 4.74 Å². The van der Waals surface area contributed by atoms with E-state index in [2.05, 4.69) is 13.1 Å². The van der Waals surface area contributed by atoms with E-state index in [9.17, 15) is 14.4 Å². The maximum atomic E-state index is 13.6. The summed E-state index contributed by atoms with van der Waals surface area (Å²) in [5.41, 5.74) is 3.06. The Balaban J connectivity index is 0.995. The molecule has 3 aromatic rings. The number of piperidine rings is 1. The fourth-order valence-corrected chi connectivity index (χ4v) is 8.29. The van der Waals surface area contributed by atoms with Gasteiger partial charge in [-0.3, -0.25) is 18.7 Å². The zero-order chi connectivity index (χ0) is 30.8. The van der Waals surface area contributed by atoms with Gasteiger partial charge in [-0.15, -0.1) is 0 Å². The first-order valence-corrected chi connectivity index (χ1v) is 16.4. The summed E-state index contributed by atoms with van der Waals surface area (Å²) in [6.45, 7) is 1.17. The summed E-state index contributed by atoms with van der Waals surface area (Å²) in [7, 11) is 5.73. The normalized spacial score (nSPS) is 25.4. The molecule has 7 nitrogen and oxygen atoms in total. The van der Waals surface area contributed by atoms with E-state index >= 15 is 0 Å². The number of carbonyl (C=O) groups is 1. The molecule has 0 N–H and O–H groups in total. The average Bonchev–Trinajstić information content (AvgIpc) is 3.50. The molecule has 0 saturated carbocycles. The minimum atomic E-state index is -0.402. The number of ether oxygens (including phenoxy) is 1. The maximum absolute atomic E-state index is 13.6. The monoisotopic (exact) mass is 596 g/mol. The van der Waals surface area contributed by atoms with Gasteiger partial charge in [0.25, 0.3) is 5.56 Å². The molecule has 3 unspecified atom stereocenters. The highest BCUT2D eigenvalue weighted by Gasteiger charge is 2.52. The molecule has 3 atom stereocenters. The van der Waals surface area contributed by atoms with Gasteiger partial charge < -0.3 is 9.22 Å². The molecule has 1 aliphatic carbocycles. The lowest BCUT2D eigenvalue weighted by Gasteiger charge is -2.47. The Morgan fingerprint density at radius 1 is 0.864 bits per heavy atom. The zero-order valence-corrected chi connectivity index (χ0v) is 26.4. The Morgan fingerprint density at radius 3 is 2.07 bits per heavy atom. The Morgan fingerprint density at radius 2 is 1.45 bits per heavy atom. The van der Waals surface area contributed by atoms with Crippen LogP contribution in [-0.2, 0) is 23.6 Å². The van der Waals surface area contributed by atoms with Gasteiger partial charge in [0.1, 0.15) is 12.0 Å². The summed E-state index contributed by atoms with van der Waals surface area (Å²) in [6.07, 6.45) is 13.8. The molecule has 0 amide bonds. The van der Waals surface area contributed by atoms with Crippen molar-refractivity contribution in [2.24, 2.45) is 14.1 Å². The fourth-order valence-electron chi connectivity index (χ4n) is 8.29. The molecule has 3 heterocycles. The highest BCUT2D eigenvalue weighted by Crippen LogP contribution is 2.43. The van der Waals surface area contributed by atoms with Gasteiger partial charge >= 0.3 is 11.7 Å². The van der Waals surface area contributed by atoms with Crippen LogP contribution in [0.2, 0.25) is 0 Å². The lowest BCUT2D eigenvalue weighted by molar-refractivity contribution is -0.949. The Labute approximate surface area is 260 Å². The lowest BCUT2D eigenvalue weighted by atomic mass is 9.91. The number of esters is 1. The van der Waals surface area contributed by atoms with Crippen molar-refractivity contribution in [3.05, 3.63) is 110 Å². The third-order valence-electron chi connectivity index (χ3n) is 10.9. The number of hydrogen-bond donors (Lipinski definition) is 0. The molecule has 3 aliphatic rings. The molecule has 2 aromatic carbocycles. The van der Waals surface area contributed by atoms with Gasteiger partial charge in [0.15, 0.2) is 0 Å². The number of carbonyl (C=O) groups excluding carboxylic acids is 1. The predicted molar refractivity (Wildman–Crippen MR) is 173 cm³/mol. The smallest absolute Gasteiger partial charge is 0.330 e. The van der Waals surface area contributed by atoms with E-state index in [-0.39, 0.29) is 29.2 Å². The summed E-state index contributed by atoms with van der Waals surface area (Å²) < 4.78 is 10.2. The number of allylic oxidation sites excluding steroid dienone is 1.